The molecule has 0 fully saturated rings. The van der Waals surface area contributed by atoms with E-state index in [-0.39, 0.29) is 18.9 Å². The van der Waals surface area contributed by atoms with Crippen molar-refractivity contribution in [1.82, 2.24) is 10.9 Å². The van der Waals surface area contributed by atoms with E-state index < -0.39 is 5.91 Å². The summed E-state index contributed by atoms with van der Waals surface area (Å²) >= 11 is 0. The van der Waals surface area contributed by atoms with Crippen molar-refractivity contribution in [3.63, 3.8) is 0 Å². The van der Waals surface area contributed by atoms with Crippen molar-refractivity contribution >= 4 is 11.8 Å². The zero-order valence-electron chi connectivity index (χ0n) is 13.0. The Kier molecular flexibility index (Phi) is 6.35. The molecule has 0 atom stereocenters. The first-order chi connectivity index (χ1) is 11.7. The number of para-hydroxylation sites is 1. The van der Waals surface area contributed by atoms with Crippen molar-refractivity contribution in [2.24, 2.45) is 0 Å². The van der Waals surface area contributed by atoms with E-state index in [1.54, 1.807) is 24.3 Å². The number of amides is 2. The van der Waals surface area contributed by atoms with Gasteiger partial charge in [0.05, 0.1) is 5.56 Å². The second-order valence-corrected chi connectivity index (χ2v) is 4.98. The number of carbonyl (C=O) groups is 2. The number of ether oxygens (including phenoxy) is 1. The minimum Gasteiger partial charge on any atom is -0.482 e. The maximum atomic E-state index is 11.7. The fourth-order valence-corrected chi connectivity index (χ4v) is 1.97. The summed E-state index contributed by atoms with van der Waals surface area (Å²) in [5.74, 6) is -0.467. The summed E-state index contributed by atoms with van der Waals surface area (Å²) in [6, 6.07) is 18.2. The Morgan fingerprint density at radius 2 is 1.62 bits per heavy atom. The third kappa shape index (κ3) is 5.46. The van der Waals surface area contributed by atoms with Crippen molar-refractivity contribution in [2.75, 3.05) is 6.61 Å². The minimum absolute atomic E-state index is 0.266. The second kappa shape index (κ2) is 8.96. The summed E-state index contributed by atoms with van der Waals surface area (Å²) in [4.78, 5) is 23.3. The summed E-state index contributed by atoms with van der Waals surface area (Å²) in [5.41, 5.74) is 6.01. The van der Waals surface area contributed by atoms with Gasteiger partial charge in [-0.05, 0) is 24.1 Å². The van der Waals surface area contributed by atoms with E-state index in [1.807, 2.05) is 36.4 Å². The molecule has 0 heterocycles. The van der Waals surface area contributed by atoms with Crippen LogP contribution in [-0.2, 0) is 16.0 Å². The fourth-order valence-electron chi connectivity index (χ4n) is 1.97. The van der Waals surface area contributed by atoms with Crippen LogP contribution < -0.4 is 15.6 Å². The fraction of sp³-hybridized carbons (Fsp3) is 0.167. The zero-order valence-corrected chi connectivity index (χ0v) is 13.0. The number of hydrogen-bond donors (Lipinski definition) is 2. The van der Waals surface area contributed by atoms with E-state index in [0.717, 1.165) is 5.56 Å². The lowest BCUT2D eigenvalue weighted by Crippen LogP contribution is -2.43. The normalized spacial score (nSPS) is 9.62. The van der Waals surface area contributed by atoms with E-state index in [0.29, 0.717) is 17.7 Å². The SMILES string of the molecule is N#Cc1ccccc1OCC(=O)NNC(=O)CCc1ccccc1. The Hall–Kier alpha value is -3.33. The third-order valence-corrected chi connectivity index (χ3v) is 3.19. The number of benzene rings is 2. The van der Waals surface area contributed by atoms with Crippen LogP contribution in [0, 0.1) is 11.3 Å². The Bertz CT molecular complexity index is 739. The largest absolute Gasteiger partial charge is 0.482 e. The summed E-state index contributed by atoms with van der Waals surface area (Å²) < 4.78 is 5.27. The highest BCUT2D eigenvalue weighted by molar-refractivity contribution is 5.82. The zero-order chi connectivity index (χ0) is 17.2. The maximum absolute atomic E-state index is 11.7. The van der Waals surface area contributed by atoms with Gasteiger partial charge in [-0.2, -0.15) is 5.26 Å². The van der Waals surface area contributed by atoms with Crippen molar-refractivity contribution in [2.45, 2.75) is 12.8 Å². The molecule has 0 unspecified atom stereocenters. The number of nitrogens with zero attached hydrogens (tertiary/aromatic N) is 1. The van der Waals surface area contributed by atoms with Gasteiger partial charge in [-0.25, -0.2) is 0 Å². The molecule has 24 heavy (non-hydrogen) atoms. The number of nitriles is 1. The van der Waals surface area contributed by atoms with Crippen LogP contribution >= 0.6 is 0 Å². The molecule has 0 aliphatic heterocycles. The summed E-state index contributed by atoms with van der Waals surface area (Å²) in [7, 11) is 0. The molecule has 0 saturated carbocycles. The highest BCUT2D eigenvalue weighted by atomic mass is 16.5. The second-order valence-electron chi connectivity index (χ2n) is 4.98. The minimum atomic E-state index is -0.504. The summed E-state index contributed by atoms with van der Waals surface area (Å²) in [5, 5.41) is 8.93. The van der Waals surface area contributed by atoms with Gasteiger partial charge in [-0.3, -0.25) is 20.4 Å². The Morgan fingerprint density at radius 1 is 0.958 bits per heavy atom. The third-order valence-electron chi connectivity index (χ3n) is 3.19. The van der Waals surface area contributed by atoms with Crippen molar-refractivity contribution in [1.29, 1.82) is 5.26 Å². The predicted molar refractivity (Wildman–Crippen MR) is 87.7 cm³/mol. The molecule has 2 aromatic carbocycles. The molecular formula is C18H17N3O3. The Morgan fingerprint density at radius 3 is 2.38 bits per heavy atom. The van der Waals surface area contributed by atoms with Gasteiger partial charge >= 0.3 is 0 Å². The number of nitrogens with one attached hydrogen (secondary N) is 2. The number of hydrazine groups is 1. The molecular weight excluding hydrogens is 306 g/mol. The predicted octanol–water partition coefficient (Wildman–Crippen LogP) is 1.72. The molecule has 2 aromatic rings. The van der Waals surface area contributed by atoms with Crippen molar-refractivity contribution in [3.8, 4) is 11.8 Å². The number of hydrogen-bond acceptors (Lipinski definition) is 4. The highest BCUT2D eigenvalue weighted by Gasteiger charge is 2.08. The van der Waals surface area contributed by atoms with Crippen LogP contribution in [0.2, 0.25) is 0 Å². The van der Waals surface area contributed by atoms with Gasteiger partial charge in [0.2, 0.25) is 5.91 Å². The van der Waals surface area contributed by atoms with Crippen LogP contribution in [0.15, 0.2) is 54.6 Å². The van der Waals surface area contributed by atoms with E-state index in [4.69, 9.17) is 10.00 Å². The van der Waals surface area contributed by atoms with E-state index in [2.05, 4.69) is 10.9 Å². The lowest BCUT2D eigenvalue weighted by atomic mass is 10.1. The topological polar surface area (TPSA) is 91.2 Å². The van der Waals surface area contributed by atoms with Gasteiger partial charge in [0, 0.05) is 6.42 Å². The number of carbonyl (C=O) groups excluding carboxylic acids is 2. The highest BCUT2D eigenvalue weighted by Crippen LogP contribution is 2.15. The molecule has 2 amide bonds. The number of aryl methyl sites for hydroxylation is 1. The molecule has 0 spiro atoms. The van der Waals surface area contributed by atoms with Crippen LogP contribution in [-0.4, -0.2) is 18.4 Å². The van der Waals surface area contributed by atoms with E-state index in [1.165, 1.54) is 0 Å². The maximum Gasteiger partial charge on any atom is 0.276 e. The Balaban J connectivity index is 1.69. The standard InChI is InChI=1S/C18H17N3O3/c19-12-15-8-4-5-9-16(15)24-13-18(23)21-20-17(22)11-10-14-6-2-1-3-7-14/h1-9H,10-11,13H2,(H,20,22)(H,21,23). The lowest BCUT2D eigenvalue weighted by molar-refractivity contribution is -0.130. The summed E-state index contributed by atoms with van der Waals surface area (Å²) in [6.45, 7) is -0.294. The van der Waals surface area contributed by atoms with Crippen LogP contribution in [0.5, 0.6) is 5.75 Å². The Labute approximate surface area is 140 Å². The quantitative estimate of drug-likeness (QED) is 0.792. The molecule has 0 saturated heterocycles. The van der Waals surface area contributed by atoms with Crippen molar-refractivity contribution in [3.05, 3.63) is 65.7 Å². The summed E-state index contributed by atoms with van der Waals surface area (Å²) in [6.07, 6.45) is 0.858. The molecule has 6 heteroatoms. The molecule has 0 aromatic heterocycles. The first-order valence-electron chi connectivity index (χ1n) is 7.42. The van der Waals surface area contributed by atoms with Gasteiger partial charge in [-0.15, -0.1) is 0 Å². The molecule has 122 valence electrons. The van der Waals surface area contributed by atoms with Crippen LogP contribution in [0.4, 0.5) is 0 Å². The average molecular weight is 323 g/mol. The average Bonchev–Trinajstić information content (AvgIpc) is 2.64. The van der Waals surface area contributed by atoms with Crippen LogP contribution in [0.3, 0.4) is 0 Å². The van der Waals surface area contributed by atoms with Gasteiger partial charge in [0.15, 0.2) is 6.61 Å². The van der Waals surface area contributed by atoms with Gasteiger partial charge in [0.25, 0.3) is 5.91 Å². The van der Waals surface area contributed by atoms with Crippen LogP contribution in [0.1, 0.15) is 17.5 Å². The molecule has 0 bridgehead atoms. The monoisotopic (exact) mass is 323 g/mol. The molecule has 0 aliphatic carbocycles. The molecule has 2 rings (SSSR count). The van der Waals surface area contributed by atoms with Crippen molar-refractivity contribution < 1.29 is 14.3 Å². The molecule has 0 aliphatic rings. The molecule has 2 N–H and O–H groups in total. The van der Waals surface area contributed by atoms with Gasteiger partial charge < -0.3 is 4.74 Å². The molecule has 0 radical (unpaired) electrons. The van der Waals surface area contributed by atoms with Gasteiger partial charge in [-0.1, -0.05) is 42.5 Å². The van der Waals surface area contributed by atoms with Crippen LogP contribution in [0.25, 0.3) is 0 Å². The smallest absolute Gasteiger partial charge is 0.276 e. The van der Waals surface area contributed by atoms with E-state index >= 15 is 0 Å². The lowest BCUT2D eigenvalue weighted by Gasteiger charge is -2.09. The molecule has 6 nitrogen and oxygen atoms in total. The first kappa shape index (κ1) is 17.0. The van der Waals surface area contributed by atoms with E-state index in [9.17, 15) is 9.59 Å². The first-order valence-corrected chi connectivity index (χ1v) is 7.42. The van der Waals surface area contributed by atoms with Gasteiger partial charge in [0.1, 0.15) is 11.8 Å². The number of rotatable bonds is 6.